The van der Waals surface area contributed by atoms with Crippen LogP contribution in [-0.2, 0) is 44.9 Å². The van der Waals surface area contributed by atoms with Crippen molar-refractivity contribution in [2.75, 3.05) is 35.5 Å². The SMILES string of the molecule is C.CCCC(=O)Cc1cc2c(Nc3ccccc3)c(C(=O)CC)cnc2cc1OC.CCCC(=O)Cc1cc2c(Nc3ccccc3)c(C(=O)NC(C)(C)C)cnc2cc1OC.CCCC(=O)Cc1ccc2ncc(C(=O)CC)c(Nc3ccccc3)c2c1.CCCC(=O)Cc1ccc2ncc(C(C)=O)c(Nc3ccccc3)c2c1. The van der Waals surface area contributed by atoms with E-state index < -0.39 is 5.54 Å². The van der Waals surface area contributed by atoms with E-state index in [1.165, 1.54) is 6.92 Å². The number of methoxy groups -OCH3 is 2. The Kier molecular flexibility index (Phi) is 32.8. The molecular weight excluding hydrogens is 1440 g/mol. The molecule has 1 amide bonds. The number of ketones is 7. The lowest BCUT2D eigenvalue weighted by Crippen LogP contribution is -2.40. The number of benzene rings is 8. The minimum atomic E-state index is -0.395. The van der Waals surface area contributed by atoms with Gasteiger partial charge in [-0.1, -0.05) is 134 Å². The molecule has 0 saturated heterocycles. The van der Waals surface area contributed by atoms with Crippen LogP contribution in [0.1, 0.15) is 205 Å². The van der Waals surface area contributed by atoms with Gasteiger partial charge in [0.25, 0.3) is 5.91 Å². The number of nitrogens with one attached hydrogen (secondary N) is 5. The summed E-state index contributed by atoms with van der Waals surface area (Å²) in [5.74, 6) is 1.79. The van der Waals surface area contributed by atoms with Crippen molar-refractivity contribution in [2.24, 2.45) is 0 Å². The lowest BCUT2D eigenvalue weighted by atomic mass is 9.99. The third-order valence-electron chi connectivity index (χ3n) is 18.6. The number of rotatable bonds is 32. The highest BCUT2D eigenvalue weighted by molar-refractivity contribution is 6.12. The molecule has 0 saturated carbocycles. The molecule has 4 aromatic heterocycles. The fourth-order valence-electron chi connectivity index (χ4n) is 13.1. The molecule has 5 N–H and O–H groups in total. The highest BCUT2D eigenvalue weighted by Gasteiger charge is 2.25. The molecule has 0 unspecified atom stereocenters. The fraction of sp³-hybridized carbons (Fsp3) is 0.292. The topological polar surface area (TPSA) is 267 Å². The van der Waals surface area contributed by atoms with Crippen molar-refractivity contribution >= 4 is 136 Å². The van der Waals surface area contributed by atoms with Gasteiger partial charge < -0.3 is 36.1 Å². The summed E-state index contributed by atoms with van der Waals surface area (Å²) in [6, 6.07) is 58.0. The fourth-order valence-corrected chi connectivity index (χ4v) is 13.1. The van der Waals surface area contributed by atoms with Crippen LogP contribution in [0.25, 0.3) is 43.6 Å². The molecule has 19 heteroatoms. The first-order chi connectivity index (χ1) is 55.0. The summed E-state index contributed by atoms with van der Waals surface area (Å²) >= 11 is 0. The van der Waals surface area contributed by atoms with E-state index in [1.807, 2.05) is 244 Å². The van der Waals surface area contributed by atoms with Crippen LogP contribution in [0, 0.1) is 0 Å². The zero-order valence-corrected chi connectivity index (χ0v) is 67.4. The molecule has 0 radical (unpaired) electrons. The largest absolute Gasteiger partial charge is 0.496 e. The van der Waals surface area contributed by atoms with Crippen molar-refractivity contribution < 1.29 is 47.8 Å². The number of Topliss-reactive ketones (excluding diaryl/α,β-unsaturated/α-hetero) is 7. The van der Waals surface area contributed by atoms with Crippen LogP contribution in [0.4, 0.5) is 45.5 Å². The van der Waals surface area contributed by atoms with Gasteiger partial charge in [0, 0.05) is 162 Å². The first-order valence-electron chi connectivity index (χ1n) is 39.1. The second-order valence-electron chi connectivity index (χ2n) is 28.9. The van der Waals surface area contributed by atoms with Crippen molar-refractivity contribution in [3.8, 4) is 11.5 Å². The Morgan fingerprint density at radius 2 is 0.652 bits per heavy atom. The van der Waals surface area contributed by atoms with Crippen molar-refractivity contribution in [1.82, 2.24) is 25.3 Å². The standard InChI is InChI=1S/C26H31N3O3.C24H26N2O3.C23H24N2O2.C22H22N2O2.CH4/c1-6-10-19(30)13-17-14-20-22(15-23(17)32-5)27-16-21(25(31)29-26(2,3)4)24(20)28-18-11-8-7-9-12-18;1-4-9-18(27)12-16-13-19-21(14-23(16)29-3)25-15-20(22(28)5-2)24(19)26-17-10-7-6-8-11-17;1-3-8-18(26)13-16-11-12-21-19(14-16)23(20(15-24-21)22(27)4-2)25-17-9-6-5-7-10-17;1-3-7-18(26)12-16-10-11-21-19(13-16)22(20(14-23-21)15(2)25)24-17-8-5-4-6-9-17;/h7-9,11-12,14-16H,6,10,13H2,1-5H3,(H,27,28)(H,29,31);6-8,10-11,13-15H,4-5,9,12H2,1-3H3,(H,25,26);5-7,9-12,14-15H,3-4,8,13H2,1-2H3,(H,24,25);4-6,8-11,13-14H,3,7,12H2,1-2H3,(H,23,24);1H4. The van der Waals surface area contributed by atoms with Crippen LogP contribution in [0.3, 0.4) is 0 Å². The summed E-state index contributed by atoms with van der Waals surface area (Å²) < 4.78 is 11.1. The Balaban J connectivity index is 0.000000192. The Bertz CT molecular complexity index is 5400. The van der Waals surface area contributed by atoms with Crippen LogP contribution in [0.15, 0.2) is 207 Å². The summed E-state index contributed by atoms with van der Waals surface area (Å²) in [6.45, 7) is 19.0. The maximum atomic E-state index is 13.1. The van der Waals surface area contributed by atoms with Gasteiger partial charge >= 0.3 is 0 Å². The van der Waals surface area contributed by atoms with Crippen LogP contribution >= 0.6 is 0 Å². The van der Waals surface area contributed by atoms with Crippen LogP contribution < -0.4 is 36.1 Å². The molecule has 19 nitrogen and oxygen atoms in total. The van der Waals surface area contributed by atoms with Crippen molar-refractivity contribution in [2.45, 2.75) is 172 Å². The number of carbonyl (C=O) groups is 8. The quantitative estimate of drug-likeness (QED) is 0.0245. The number of fused-ring (bicyclic) bond motifs is 4. The van der Waals surface area contributed by atoms with E-state index in [4.69, 9.17) is 9.47 Å². The molecule has 0 atom stereocenters. The number of nitrogens with zero attached hydrogens (tertiary/aromatic N) is 4. The highest BCUT2D eigenvalue weighted by Crippen LogP contribution is 2.38. The van der Waals surface area contributed by atoms with E-state index >= 15 is 0 Å². The molecule has 12 rings (SSSR count). The summed E-state index contributed by atoms with van der Waals surface area (Å²) in [4.78, 5) is 117. The lowest BCUT2D eigenvalue weighted by molar-refractivity contribution is -0.119. The Hall–Kier alpha value is -12.6. The smallest absolute Gasteiger partial charge is 0.255 e. The average Bonchev–Trinajstić information content (AvgIpc) is 0.778. The van der Waals surface area contributed by atoms with Crippen molar-refractivity contribution in [1.29, 1.82) is 0 Å². The van der Waals surface area contributed by atoms with Crippen LogP contribution in [0.2, 0.25) is 0 Å². The second kappa shape index (κ2) is 42.8. The highest BCUT2D eigenvalue weighted by atomic mass is 16.5. The van der Waals surface area contributed by atoms with E-state index in [0.29, 0.717) is 114 Å². The predicted molar refractivity (Wildman–Crippen MR) is 467 cm³/mol. The van der Waals surface area contributed by atoms with Gasteiger partial charge in [-0.2, -0.15) is 0 Å². The third kappa shape index (κ3) is 24.4. The van der Waals surface area contributed by atoms with Gasteiger partial charge in [0.15, 0.2) is 17.3 Å². The first kappa shape index (κ1) is 87.9. The molecule has 0 bridgehead atoms. The van der Waals surface area contributed by atoms with E-state index in [0.717, 1.165) is 115 Å². The summed E-state index contributed by atoms with van der Waals surface area (Å²) in [5.41, 5.74) is 14.5. The number of aromatic nitrogens is 4. The summed E-state index contributed by atoms with van der Waals surface area (Å²) in [5, 5.41) is 19.8. The normalized spacial score (nSPS) is 10.8. The molecule has 115 heavy (non-hydrogen) atoms. The minimum absolute atomic E-state index is 0. The number of amides is 1. The lowest BCUT2D eigenvalue weighted by Gasteiger charge is -2.22. The van der Waals surface area contributed by atoms with E-state index in [9.17, 15) is 38.4 Å². The number of anilines is 8. The molecule has 0 fully saturated rings. The number of hydrogen-bond donors (Lipinski definition) is 5. The Labute approximate surface area is 675 Å². The predicted octanol–water partition coefficient (Wildman–Crippen LogP) is 22.1. The van der Waals surface area contributed by atoms with Gasteiger partial charge in [-0.3, -0.25) is 58.3 Å². The number of para-hydroxylation sites is 4. The van der Waals surface area contributed by atoms with Crippen molar-refractivity contribution in [3.63, 3.8) is 0 Å². The van der Waals surface area contributed by atoms with Gasteiger partial charge in [0.2, 0.25) is 0 Å². The molecule has 4 heterocycles. The molecule has 0 aliphatic rings. The van der Waals surface area contributed by atoms with Crippen LogP contribution in [0.5, 0.6) is 11.5 Å². The Morgan fingerprint density at radius 1 is 0.357 bits per heavy atom. The first-order valence-corrected chi connectivity index (χ1v) is 39.1. The maximum Gasteiger partial charge on any atom is 0.255 e. The average molecular weight is 1550 g/mol. The zero-order valence-electron chi connectivity index (χ0n) is 67.4. The second-order valence-corrected chi connectivity index (χ2v) is 28.9. The zero-order chi connectivity index (χ0) is 81.8. The molecule has 0 aliphatic carbocycles. The minimum Gasteiger partial charge on any atom is -0.496 e. The molecular formula is C96H107N9O10. The maximum absolute atomic E-state index is 13.1. The Morgan fingerprint density at radius 3 is 0.965 bits per heavy atom. The van der Waals surface area contributed by atoms with Gasteiger partial charge in [-0.15, -0.1) is 0 Å². The van der Waals surface area contributed by atoms with Gasteiger partial charge in [-0.25, -0.2) is 0 Å². The summed E-state index contributed by atoms with van der Waals surface area (Å²) in [7, 11) is 3.18. The monoisotopic (exact) mass is 1550 g/mol. The van der Waals surface area contributed by atoms with E-state index in [1.54, 1.807) is 39.0 Å². The van der Waals surface area contributed by atoms with Gasteiger partial charge in [0.05, 0.1) is 81.3 Å². The third-order valence-corrected chi connectivity index (χ3v) is 18.6. The number of ether oxygens (including phenoxy) is 2. The number of carbonyl (C=O) groups excluding carboxylic acids is 8. The molecule has 596 valence electrons. The molecule has 12 aromatic rings. The summed E-state index contributed by atoms with van der Waals surface area (Å²) in [6.07, 6.45) is 14.1. The molecule has 0 aliphatic heterocycles. The van der Waals surface area contributed by atoms with Gasteiger partial charge in [0.1, 0.15) is 34.6 Å². The van der Waals surface area contributed by atoms with Gasteiger partial charge in [-0.05, 0) is 149 Å². The number of hydrogen-bond acceptors (Lipinski definition) is 18. The van der Waals surface area contributed by atoms with E-state index in [-0.39, 0.29) is 60.2 Å². The van der Waals surface area contributed by atoms with E-state index in [2.05, 4.69) is 46.5 Å². The van der Waals surface area contributed by atoms with Crippen LogP contribution in [-0.4, -0.2) is 86.1 Å². The van der Waals surface area contributed by atoms with Crippen molar-refractivity contribution in [3.05, 3.63) is 251 Å². The number of pyridine rings is 4. The molecule has 0 spiro atoms. The molecule has 8 aromatic carbocycles.